The SMILES string of the molecule is Cn1cc(C[C@@H](N)C(=O)O)c2ccccc21.O=P1(N(CCCl)CCCl)NCCCO1. The number of hydrogen-bond donors (Lipinski definition) is 3. The Bertz CT molecular complexity index is 863. The number of nitrogens with two attached hydrogens (primary N) is 1. The average molecular weight is 479 g/mol. The summed E-state index contributed by atoms with van der Waals surface area (Å²) < 4.78 is 21.2. The molecule has 1 saturated heterocycles. The van der Waals surface area contributed by atoms with Gasteiger partial charge in [-0.05, 0) is 18.1 Å². The van der Waals surface area contributed by atoms with Crippen LogP contribution in [0.4, 0.5) is 0 Å². The molecule has 0 saturated carbocycles. The van der Waals surface area contributed by atoms with Gasteiger partial charge in [-0.25, -0.2) is 9.76 Å². The molecule has 11 heteroatoms. The van der Waals surface area contributed by atoms with Gasteiger partial charge in [0.05, 0.1) is 6.61 Å². The highest BCUT2D eigenvalue weighted by molar-refractivity contribution is 7.54. The van der Waals surface area contributed by atoms with Gasteiger partial charge in [-0.1, -0.05) is 18.2 Å². The first-order chi connectivity index (χ1) is 14.3. The molecule has 1 aromatic carbocycles. The van der Waals surface area contributed by atoms with Crippen LogP contribution in [0.2, 0.25) is 0 Å². The number of aliphatic carboxylic acids is 1. The number of rotatable bonds is 8. The molecule has 30 heavy (non-hydrogen) atoms. The highest BCUT2D eigenvalue weighted by Gasteiger charge is 2.32. The molecule has 3 rings (SSSR count). The Labute approximate surface area is 186 Å². The third kappa shape index (κ3) is 6.69. The number of aromatic nitrogens is 1. The van der Waals surface area contributed by atoms with Crippen LogP contribution in [-0.4, -0.2) is 64.4 Å². The number of hydrogen-bond acceptors (Lipinski definition) is 4. The molecule has 0 aliphatic carbocycles. The molecule has 0 amide bonds. The summed E-state index contributed by atoms with van der Waals surface area (Å²) >= 11 is 11.2. The van der Waals surface area contributed by atoms with E-state index < -0.39 is 19.7 Å². The fourth-order valence-corrected chi connectivity index (χ4v) is 5.83. The monoisotopic (exact) mass is 478 g/mol. The molecular weight excluding hydrogens is 450 g/mol. The van der Waals surface area contributed by atoms with E-state index in [4.69, 9.17) is 38.6 Å². The predicted octanol–water partition coefficient (Wildman–Crippen LogP) is 3.02. The number of para-hydroxylation sites is 1. The van der Waals surface area contributed by atoms with Crippen molar-refractivity contribution in [3.05, 3.63) is 36.0 Å². The molecule has 8 nitrogen and oxygen atoms in total. The van der Waals surface area contributed by atoms with Crippen LogP contribution < -0.4 is 10.8 Å². The summed E-state index contributed by atoms with van der Waals surface area (Å²) in [6.07, 6.45) is 3.18. The van der Waals surface area contributed by atoms with E-state index >= 15 is 0 Å². The highest BCUT2D eigenvalue weighted by Crippen LogP contribution is 2.48. The van der Waals surface area contributed by atoms with Gasteiger partial charge in [0.2, 0.25) is 0 Å². The normalized spacial score (nSPS) is 20.0. The number of carbonyl (C=O) groups is 1. The third-order valence-electron chi connectivity index (χ3n) is 4.69. The Morgan fingerprint density at radius 3 is 2.60 bits per heavy atom. The fraction of sp³-hybridized carbons (Fsp3) is 0.526. The van der Waals surface area contributed by atoms with E-state index in [1.165, 1.54) is 0 Å². The molecule has 1 aliphatic rings. The number of aryl methyl sites for hydroxylation is 1. The molecule has 2 heterocycles. The van der Waals surface area contributed by atoms with E-state index in [-0.39, 0.29) is 0 Å². The zero-order chi connectivity index (χ0) is 22.1. The summed E-state index contributed by atoms with van der Waals surface area (Å²) in [5.74, 6) is -0.120. The zero-order valence-electron chi connectivity index (χ0n) is 17.0. The van der Waals surface area contributed by atoms with Gasteiger partial charge in [0, 0.05) is 62.0 Å². The Morgan fingerprint density at radius 1 is 1.37 bits per heavy atom. The molecule has 0 radical (unpaired) electrons. The largest absolute Gasteiger partial charge is 0.480 e. The van der Waals surface area contributed by atoms with Crippen LogP contribution in [0.3, 0.4) is 0 Å². The number of carboxylic acids is 1. The number of alkyl halides is 2. The summed E-state index contributed by atoms with van der Waals surface area (Å²) in [5.41, 5.74) is 7.61. The Balaban J connectivity index is 0.000000216. The minimum atomic E-state index is -2.84. The van der Waals surface area contributed by atoms with Crippen molar-refractivity contribution in [1.82, 2.24) is 14.3 Å². The van der Waals surface area contributed by atoms with Crippen LogP contribution >= 0.6 is 30.9 Å². The zero-order valence-corrected chi connectivity index (χ0v) is 19.4. The number of benzene rings is 1. The van der Waals surface area contributed by atoms with Crippen molar-refractivity contribution in [2.24, 2.45) is 12.8 Å². The number of nitrogens with zero attached hydrogens (tertiary/aromatic N) is 2. The van der Waals surface area contributed by atoms with Gasteiger partial charge in [-0.15, -0.1) is 23.2 Å². The van der Waals surface area contributed by atoms with E-state index in [2.05, 4.69) is 5.09 Å². The standard InChI is InChI=1S/C12H14N2O2.C7H15Cl2N2O2P/c1-14-7-8(6-10(13)12(15)16)9-4-2-3-5-11(9)14;8-2-5-11(6-3-9)14(12)10-4-1-7-13-14/h2-5,7,10H,6,13H2,1H3,(H,15,16);1-7H2,(H,10,12)/t10-;/m1./s1. The van der Waals surface area contributed by atoms with Gasteiger partial charge in [0.25, 0.3) is 0 Å². The van der Waals surface area contributed by atoms with Gasteiger partial charge in [0.1, 0.15) is 6.04 Å². The molecule has 0 spiro atoms. The third-order valence-corrected chi connectivity index (χ3v) is 7.33. The maximum Gasteiger partial charge on any atom is 0.343 e. The molecule has 1 aromatic heterocycles. The van der Waals surface area contributed by atoms with Crippen LogP contribution in [0.15, 0.2) is 30.5 Å². The van der Waals surface area contributed by atoms with Crippen molar-refractivity contribution in [3.8, 4) is 0 Å². The van der Waals surface area contributed by atoms with E-state index in [1.54, 1.807) is 4.67 Å². The minimum absolute atomic E-state index is 0.358. The summed E-state index contributed by atoms with van der Waals surface area (Å²) in [6.45, 7) is 2.31. The molecular formula is C19H29Cl2N4O4P. The quantitative estimate of drug-likeness (QED) is 0.395. The fourth-order valence-electron chi connectivity index (χ4n) is 3.19. The second-order valence-electron chi connectivity index (χ2n) is 6.88. The van der Waals surface area contributed by atoms with E-state index in [0.717, 1.165) is 29.4 Å². The first kappa shape index (κ1) is 25.1. The van der Waals surface area contributed by atoms with Gasteiger partial charge < -0.3 is 19.9 Å². The van der Waals surface area contributed by atoms with Gasteiger partial charge in [0.15, 0.2) is 0 Å². The van der Waals surface area contributed by atoms with Crippen molar-refractivity contribution in [1.29, 1.82) is 0 Å². The number of nitrogens with one attached hydrogen (secondary N) is 1. The lowest BCUT2D eigenvalue weighted by molar-refractivity contribution is -0.138. The Morgan fingerprint density at radius 2 is 2.03 bits per heavy atom. The number of halogens is 2. The van der Waals surface area contributed by atoms with E-state index in [0.29, 0.717) is 37.9 Å². The van der Waals surface area contributed by atoms with Gasteiger partial charge in [-0.3, -0.25) is 9.36 Å². The van der Waals surface area contributed by atoms with Gasteiger partial charge >= 0.3 is 13.6 Å². The molecule has 1 aliphatic heterocycles. The van der Waals surface area contributed by atoms with E-state index in [1.807, 2.05) is 42.1 Å². The summed E-state index contributed by atoms with van der Waals surface area (Å²) in [7, 11) is -0.900. The molecule has 4 N–H and O–H groups in total. The van der Waals surface area contributed by atoms with Crippen molar-refractivity contribution in [3.63, 3.8) is 0 Å². The van der Waals surface area contributed by atoms with Crippen LogP contribution in [-0.2, 0) is 27.4 Å². The predicted molar refractivity (Wildman–Crippen MR) is 121 cm³/mol. The molecule has 2 atom stereocenters. The van der Waals surface area contributed by atoms with Crippen molar-refractivity contribution in [2.45, 2.75) is 18.9 Å². The molecule has 168 valence electrons. The second-order valence-corrected chi connectivity index (χ2v) is 9.82. The number of carboxylic acid groups (broad SMARTS) is 1. The first-order valence-corrected chi connectivity index (χ1v) is 12.4. The van der Waals surface area contributed by atoms with E-state index in [9.17, 15) is 9.36 Å². The van der Waals surface area contributed by atoms with Crippen molar-refractivity contribution >= 4 is 47.7 Å². The molecule has 1 unspecified atom stereocenters. The van der Waals surface area contributed by atoms with Crippen LogP contribution in [0.25, 0.3) is 10.9 Å². The lowest BCUT2D eigenvalue weighted by Gasteiger charge is -2.33. The van der Waals surface area contributed by atoms with Crippen molar-refractivity contribution in [2.75, 3.05) is 38.0 Å². The summed E-state index contributed by atoms with van der Waals surface area (Å²) in [4.78, 5) is 10.7. The van der Waals surface area contributed by atoms with Crippen LogP contribution in [0.5, 0.6) is 0 Å². The second kappa shape index (κ2) is 12.1. The summed E-state index contributed by atoms with van der Waals surface area (Å²) in [5, 5.41) is 12.8. The highest BCUT2D eigenvalue weighted by atomic mass is 35.5. The Hall–Kier alpha value is -1.12. The smallest absolute Gasteiger partial charge is 0.343 e. The van der Waals surface area contributed by atoms with Crippen molar-refractivity contribution < 1.29 is 19.0 Å². The number of fused-ring (bicyclic) bond motifs is 1. The molecule has 1 fully saturated rings. The lowest BCUT2D eigenvalue weighted by atomic mass is 10.1. The maximum atomic E-state index is 12.2. The van der Waals surface area contributed by atoms with Gasteiger partial charge in [-0.2, -0.15) is 0 Å². The average Bonchev–Trinajstić information content (AvgIpc) is 3.04. The summed E-state index contributed by atoms with van der Waals surface area (Å²) in [6, 6.07) is 7.05. The topological polar surface area (TPSA) is 110 Å². The van der Waals surface area contributed by atoms with Crippen LogP contribution in [0, 0.1) is 0 Å². The minimum Gasteiger partial charge on any atom is -0.480 e. The molecule has 2 aromatic rings. The maximum absolute atomic E-state index is 12.2. The molecule has 0 bridgehead atoms. The lowest BCUT2D eigenvalue weighted by Crippen LogP contribution is -2.35. The van der Waals surface area contributed by atoms with Crippen LogP contribution in [0.1, 0.15) is 12.0 Å². The Kier molecular flexibility index (Phi) is 10.1. The first-order valence-electron chi connectivity index (χ1n) is 9.70.